The van der Waals surface area contributed by atoms with Crippen LogP contribution in [-0.4, -0.2) is 12.1 Å². The van der Waals surface area contributed by atoms with Crippen LogP contribution in [0.4, 0.5) is 4.39 Å². The molecule has 0 aliphatic heterocycles. The van der Waals surface area contributed by atoms with Gasteiger partial charge < -0.3 is 4.79 Å². The van der Waals surface area contributed by atoms with E-state index in [4.69, 9.17) is 0 Å². The van der Waals surface area contributed by atoms with E-state index in [0.29, 0.717) is 18.4 Å². The fraction of sp³-hybridized carbons (Fsp3) is 0.231. The zero-order valence-corrected chi connectivity index (χ0v) is 16.6. The number of hydrogen-bond donors (Lipinski definition) is 0. The van der Waals surface area contributed by atoms with Crippen LogP contribution in [0, 0.1) is 5.82 Å². The molecule has 0 unspecified atom stereocenters. The second-order valence-electron chi connectivity index (χ2n) is 6.81. The van der Waals surface area contributed by atoms with Crippen LogP contribution < -0.4 is 0 Å². The number of carbonyl (C=O) groups is 2. The number of rotatable bonds is 9. The number of aldehydes is 1. The van der Waals surface area contributed by atoms with Gasteiger partial charge >= 0.3 is 0 Å². The maximum Gasteiger partial charge on any atom is 0.162 e. The number of Topliss-reactive ketones (excluding diaryl/α,β-unsaturated/α-hetero) is 1. The molecule has 0 saturated carbocycles. The van der Waals surface area contributed by atoms with Crippen molar-refractivity contribution >= 4 is 12.1 Å². The van der Waals surface area contributed by atoms with E-state index < -0.39 is 0 Å². The zero-order chi connectivity index (χ0) is 20.7. The topological polar surface area (TPSA) is 34.1 Å². The summed E-state index contributed by atoms with van der Waals surface area (Å²) in [4.78, 5) is 21.8. The fourth-order valence-electron chi connectivity index (χ4n) is 2.91. The molecule has 29 heavy (non-hydrogen) atoms. The summed E-state index contributed by atoms with van der Waals surface area (Å²) in [5.74, 6) is -0.234. The van der Waals surface area contributed by atoms with Crippen molar-refractivity contribution in [3.8, 4) is 0 Å². The molecule has 3 rings (SSSR count). The highest BCUT2D eigenvalue weighted by atomic mass is 19.1. The molecule has 0 aromatic heterocycles. The third kappa shape index (κ3) is 9.11. The Labute approximate surface area is 172 Å². The van der Waals surface area contributed by atoms with E-state index >= 15 is 0 Å². The van der Waals surface area contributed by atoms with Gasteiger partial charge in [-0.2, -0.15) is 0 Å². The number of carbonyl (C=O) groups excluding carboxylic acids is 2. The van der Waals surface area contributed by atoms with Gasteiger partial charge in [-0.1, -0.05) is 60.7 Å². The Morgan fingerprint density at radius 1 is 0.724 bits per heavy atom. The summed E-state index contributed by atoms with van der Waals surface area (Å²) in [5, 5.41) is 0. The maximum absolute atomic E-state index is 12.7. The highest BCUT2D eigenvalue weighted by Crippen LogP contribution is 2.10. The largest absolute Gasteiger partial charge is 0.303 e. The summed E-state index contributed by atoms with van der Waals surface area (Å²) >= 11 is 0. The van der Waals surface area contributed by atoms with E-state index in [0.717, 1.165) is 32.0 Å². The van der Waals surface area contributed by atoms with Gasteiger partial charge in [0.1, 0.15) is 12.1 Å². The maximum atomic E-state index is 12.7. The van der Waals surface area contributed by atoms with Crippen molar-refractivity contribution in [3.63, 3.8) is 0 Å². The van der Waals surface area contributed by atoms with Crippen LogP contribution in [-0.2, 0) is 17.6 Å². The molecule has 0 atom stereocenters. The van der Waals surface area contributed by atoms with Gasteiger partial charge in [0.2, 0.25) is 0 Å². The summed E-state index contributed by atoms with van der Waals surface area (Å²) in [6.07, 6.45) is 5.85. The van der Waals surface area contributed by atoms with Gasteiger partial charge in [0.15, 0.2) is 5.78 Å². The van der Waals surface area contributed by atoms with Gasteiger partial charge in [0.05, 0.1) is 0 Å². The lowest BCUT2D eigenvalue weighted by Crippen LogP contribution is -2.00. The van der Waals surface area contributed by atoms with Gasteiger partial charge in [-0.25, -0.2) is 4.39 Å². The Bertz CT molecular complexity index is 843. The number of unbranched alkanes of at least 4 members (excludes halogenated alkanes) is 1. The van der Waals surface area contributed by atoms with Gasteiger partial charge in [0.25, 0.3) is 0 Å². The van der Waals surface area contributed by atoms with Crippen molar-refractivity contribution in [2.24, 2.45) is 0 Å². The predicted molar refractivity (Wildman–Crippen MR) is 116 cm³/mol. The molecule has 0 N–H and O–H groups in total. The zero-order valence-electron chi connectivity index (χ0n) is 16.6. The Morgan fingerprint density at radius 3 is 1.76 bits per heavy atom. The molecule has 0 radical (unpaired) electrons. The lowest BCUT2D eigenvalue weighted by atomic mass is 10.0. The predicted octanol–water partition coefficient (Wildman–Crippen LogP) is 6.24. The van der Waals surface area contributed by atoms with Crippen molar-refractivity contribution in [2.75, 3.05) is 0 Å². The Kier molecular flexibility index (Phi) is 10.1. The molecule has 2 nitrogen and oxygen atoms in total. The Balaban J connectivity index is 0.000000234. The molecule has 3 heteroatoms. The van der Waals surface area contributed by atoms with Crippen LogP contribution in [0.1, 0.15) is 47.2 Å². The molecule has 3 aromatic rings. The van der Waals surface area contributed by atoms with Crippen LogP contribution in [0.5, 0.6) is 0 Å². The highest BCUT2D eigenvalue weighted by molar-refractivity contribution is 5.95. The number of hydrogen-bond acceptors (Lipinski definition) is 2. The average Bonchev–Trinajstić information content (AvgIpc) is 2.76. The summed E-state index contributed by atoms with van der Waals surface area (Å²) < 4.78 is 12.7. The number of ketones is 1. The van der Waals surface area contributed by atoms with Crippen molar-refractivity contribution < 1.29 is 14.0 Å². The molecule has 0 aliphatic carbocycles. The van der Waals surface area contributed by atoms with E-state index in [-0.39, 0.29) is 11.6 Å². The molecular weight excluding hydrogens is 363 g/mol. The Morgan fingerprint density at radius 2 is 1.24 bits per heavy atom. The van der Waals surface area contributed by atoms with Crippen LogP contribution in [0.25, 0.3) is 0 Å². The molecule has 0 heterocycles. The molecular formula is C26H27FO2. The minimum Gasteiger partial charge on any atom is -0.303 e. The SMILES string of the molecule is O=C(CCCc1ccccc1)c1ccc(F)cc1.O=CCCCc1ccccc1. The first kappa shape index (κ1) is 22.2. The molecule has 3 aromatic carbocycles. The van der Waals surface area contributed by atoms with E-state index in [1.54, 1.807) is 12.1 Å². The first-order chi connectivity index (χ1) is 14.2. The monoisotopic (exact) mass is 390 g/mol. The van der Waals surface area contributed by atoms with Crippen LogP contribution in [0.2, 0.25) is 0 Å². The number of benzene rings is 3. The first-order valence-corrected chi connectivity index (χ1v) is 9.99. The molecule has 0 saturated heterocycles. The van der Waals surface area contributed by atoms with Gasteiger partial charge in [-0.05, 0) is 61.1 Å². The Hall–Kier alpha value is -3.07. The van der Waals surface area contributed by atoms with E-state index in [2.05, 4.69) is 24.3 Å². The van der Waals surface area contributed by atoms with Gasteiger partial charge in [-0.3, -0.25) is 4.79 Å². The smallest absolute Gasteiger partial charge is 0.162 e. The van der Waals surface area contributed by atoms with E-state index in [1.807, 2.05) is 36.4 Å². The molecule has 0 amide bonds. The normalized spacial score (nSPS) is 9.97. The fourth-order valence-corrected chi connectivity index (χ4v) is 2.91. The van der Waals surface area contributed by atoms with Crippen molar-refractivity contribution in [3.05, 3.63) is 107 Å². The minimum atomic E-state index is -0.309. The number of halogens is 1. The summed E-state index contributed by atoms with van der Waals surface area (Å²) in [6.45, 7) is 0. The number of aryl methyl sites for hydroxylation is 2. The lowest BCUT2D eigenvalue weighted by Gasteiger charge is -2.02. The van der Waals surface area contributed by atoms with E-state index in [9.17, 15) is 14.0 Å². The quantitative estimate of drug-likeness (QED) is 0.246. The molecule has 150 valence electrons. The second kappa shape index (κ2) is 13.2. The van der Waals surface area contributed by atoms with Crippen molar-refractivity contribution in [1.82, 2.24) is 0 Å². The van der Waals surface area contributed by atoms with Crippen LogP contribution >= 0.6 is 0 Å². The molecule has 0 bridgehead atoms. The molecule has 0 fully saturated rings. The molecule has 0 spiro atoms. The van der Waals surface area contributed by atoms with Gasteiger partial charge in [0, 0.05) is 18.4 Å². The van der Waals surface area contributed by atoms with E-state index in [1.165, 1.54) is 23.3 Å². The third-order valence-electron chi connectivity index (χ3n) is 4.51. The summed E-state index contributed by atoms with van der Waals surface area (Å²) in [6, 6.07) is 26.0. The van der Waals surface area contributed by atoms with Crippen molar-refractivity contribution in [2.45, 2.75) is 38.5 Å². The van der Waals surface area contributed by atoms with Crippen molar-refractivity contribution in [1.29, 1.82) is 0 Å². The third-order valence-corrected chi connectivity index (χ3v) is 4.51. The van der Waals surface area contributed by atoms with Gasteiger partial charge in [-0.15, -0.1) is 0 Å². The highest BCUT2D eigenvalue weighted by Gasteiger charge is 2.05. The standard InChI is InChI=1S/C16H15FO.C10H12O/c17-15-11-9-14(10-12-15)16(18)8-4-7-13-5-2-1-3-6-13;11-9-5-4-8-10-6-2-1-3-7-10/h1-3,5-6,9-12H,4,7-8H2;1-3,6-7,9H,4-5,8H2. The summed E-state index contributed by atoms with van der Waals surface area (Å²) in [5.41, 5.74) is 3.14. The minimum absolute atomic E-state index is 0.0749. The summed E-state index contributed by atoms with van der Waals surface area (Å²) in [7, 11) is 0. The first-order valence-electron chi connectivity index (χ1n) is 9.99. The van der Waals surface area contributed by atoms with Crippen LogP contribution in [0.15, 0.2) is 84.9 Å². The van der Waals surface area contributed by atoms with Crippen LogP contribution in [0.3, 0.4) is 0 Å². The second-order valence-corrected chi connectivity index (χ2v) is 6.81. The average molecular weight is 390 g/mol. The molecule has 0 aliphatic rings. The lowest BCUT2D eigenvalue weighted by molar-refractivity contribution is -0.107.